The van der Waals surface area contributed by atoms with Crippen molar-refractivity contribution in [2.45, 2.75) is 0 Å². The number of hydrogen-bond acceptors (Lipinski definition) is 4. The normalized spacial score (nSPS) is 11.2. The molecule has 7 heteroatoms. The van der Waals surface area contributed by atoms with Crippen LogP contribution in [0.5, 0.6) is 0 Å². The van der Waals surface area contributed by atoms with E-state index >= 15 is 0 Å². The molecule has 7 nitrogen and oxygen atoms in total. The van der Waals surface area contributed by atoms with Crippen LogP contribution < -0.4 is 5.56 Å². The fourth-order valence-corrected chi connectivity index (χ4v) is 2.35. The molecule has 0 amide bonds. The molecule has 4 rings (SSSR count). The van der Waals surface area contributed by atoms with E-state index in [0.29, 0.717) is 22.1 Å². The van der Waals surface area contributed by atoms with E-state index in [2.05, 4.69) is 15.1 Å². The first-order valence-electron chi connectivity index (χ1n) is 6.27. The summed E-state index contributed by atoms with van der Waals surface area (Å²) in [7, 11) is 0. The van der Waals surface area contributed by atoms with Crippen LogP contribution in [0.25, 0.3) is 16.6 Å². The van der Waals surface area contributed by atoms with Gasteiger partial charge in [-0.25, -0.2) is 9.50 Å². The summed E-state index contributed by atoms with van der Waals surface area (Å²) in [5.74, 6) is -0.298. The zero-order chi connectivity index (χ0) is 14.4. The van der Waals surface area contributed by atoms with Crippen LogP contribution in [-0.2, 0) is 0 Å². The second kappa shape index (κ2) is 4.14. The summed E-state index contributed by atoms with van der Waals surface area (Å²) in [4.78, 5) is 31.1. The molecule has 0 aliphatic carbocycles. The lowest BCUT2D eigenvalue weighted by molar-refractivity contribution is 0.0961. The maximum atomic E-state index is 12.4. The molecule has 4 aromatic rings. The minimum Gasteiger partial charge on any atom is -0.306 e. The number of aromatic nitrogens is 5. The molecule has 0 aliphatic heterocycles. The van der Waals surface area contributed by atoms with Gasteiger partial charge in [0.2, 0.25) is 0 Å². The highest BCUT2D eigenvalue weighted by Gasteiger charge is 2.17. The lowest BCUT2D eigenvalue weighted by atomic mass is 10.2. The van der Waals surface area contributed by atoms with Gasteiger partial charge in [-0.2, -0.15) is 5.10 Å². The van der Waals surface area contributed by atoms with Gasteiger partial charge in [0.15, 0.2) is 0 Å². The van der Waals surface area contributed by atoms with Crippen molar-refractivity contribution in [3.05, 3.63) is 65.1 Å². The van der Waals surface area contributed by atoms with Gasteiger partial charge in [-0.15, -0.1) is 0 Å². The van der Waals surface area contributed by atoms with Crippen molar-refractivity contribution >= 4 is 22.5 Å². The van der Waals surface area contributed by atoms with Gasteiger partial charge in [0.05, 0.1) is 17.1 Å². The van der Waals surface area contributed by atoms with Crippen LogP contribution in [0.4, 0.5) is 0 Å². The van der Waals surface area contributed by atoms with Gasteiger partial charge in [-0.1, -0.05) is 12.1 Å². The first-order valence-corrected chi connectivity index (χ1v) is 6.27. The van der Waals surface area contributed by atoms with Gasteiger partial charge in [-0.05, 0) is 12.1 Å². The first kappa shape index (κ1) is 11.6. The van der Waals surface area contributed by atoms with E-state index in [-0.39, 0.29) is 11.5 Å². The molecule has 0 saturated heterocycles. The van der Waals surface area contributed by atoms with E-state index in [1.54, 1.807) is 28.9 Å². The second-order valence-corrected chi connectivity index (χ2v) is 4.57. The maximum absolute atomic E-state index is 12.4. The van der Waals surface area contributed by atoms with E-state index < -0.39 is 0 Å². The molecule has 1 aromatic carbocycles. The maximum Gasteiger partial charge on any atom is 0.268 e. The number of hydrogen-bond donors (Lipinski definition) is 1. The third kappa shape index (κ3) is 1.61. The second-order valence-electron chi connectivity index (χ2n) is 4.57. The van der Waals surface area contributed by atoms with Crippen molar-refractivity contribution in [2.75, 3.05) is 0 Å². The number of benzene rings is 1. The Kier molecular flexibility index (Phi) is 2.28. The summed E-state index contributed by atoms with van der Waals surface area (Å²) in [5.41, 5.74) is 1.09. The summed E-state index contributed by atoms with van der Waals surface area (Å²) in [5, 5.41) is 4.73. The molecule has 3 aromatic heterocycles. The highest BCUT2D eigenvalue weighted by atomic mass is 16.2. The summed E-state index contributed by atoms with van der Waals surface area (Å²) in [6, 6.07) is 7.10. The van der Waals surface area contributed by atoms with E-state index in [4.69, 9.17) is 0 Å². The zero-order valence-electron chi connectivity index (χ0n) is 10.7. The number of nitrogens with zero attached hydrogens (tertiary/aromatic N) is 4. The Bertz CT molecular complexity index is 1030. The number of fused-ring (bicyclic) bond motifs is 3. The highest BCUT2D eigenvalue weighted by Crippen LogP contribution is 2.15. The van der Waals surface area contributed by atoms with Crippen molar-refractivity contribution < 1.29 is 4.79 Å². The first-order chi connectivity index (χ1) is 10.3. The summed E-state index contributed by atoms with van der Waals surface area (Å²) in [6.45, 7) is 0. The number of H-pyrrole nitrogens is 1. The molecule has 0 bridgehead atoms. The van der Waals surface area contributed by atoms with Gasteiger partial charge in [0.1, 0.15) is 17.5 Å². The van der Waals surface area contributed by atoms with Gasteiger partial charge in [0.25, 0.3) is 11.5 Å². The Morgan fingerprint density at radius 1 is 1.24 bits per heavy atom. The number of para-hydroxylation sites is 1. The predicted octanol–water partition coefficient (Wildman–Crippen LogP) is 1.06. The average molecular weight is 279 g/mol. The number of carbonyl (C=O) groups is 1. The number of rotatable bonds is 1. The standard InChI is InChI=1S/C14H9N5O2/c20-13-9-3-1-2-4-11(9)19-12(17-13)10(7-16-19)14(21)18-6-5-15-8-18/h1-8H,(H,17,20). The number of imidazole rings is 1. The molecule has 0 fully saturated rings. The Balaban J connectivity index is 2.05. The van der Waals surface area contributed by atoms with Crippen LogP contribution in [0.3, 0.4) is 0 Å². The fourth-order valence-electron chi connectivity index (χ4n) is 2.35. The molecule has 0 spiro atoms. The molecule has 21 heavy (non-hydrogen) atoms. The van der Waals surface area contributed by atoms with Crippen LogP contribution in [0, 0.1) is 0 Å². The minimum absolute atomic E-state index is 0.252. The van der Waals surface area contributed by atoms with Crippen molar-refractivity contribution in [1.82, 2.24) is 24.1 Å². The third-order valence-electron chi connectivity index (χ3n) is 3.35. The quantitative estimate of drug-likeness (QED) is 0.564. The molecular formula is C14H9N5O2. The molecule has 0 aliphatic rings. The number of nitrogens with one attached hydrogen (secondary N) is 1. The topological polar surface area (TPSA) is 85.0 Å². The molecular weight excluding hydrogens is 270 g/mol. The fraction of sp³-hybridized carbons (Fsp3) is 0. The summed E-state index contributed by atoms with van der Waals surface area (Å²) < 4.78 is 2.89. The van der Waals surface area contributed by atoms with Gasteiger partial charge in [-0.3, -0.25) is 14.2 Å². The van der Waals surface area contributed by atoms with E-state index in [9.17, 15) is 9.59 Å². The number of aromatic amines is 1. The monoisotopic (exact) mass is 279 g/mol. The molecule has 0 radical (unpaired) electrons. The van der Waals surface area contributed by atoms with Crippen molar-refractivity contribution in [3.8, 4) is 0 Å². The average Bonchev–Trinajstić information content (AvgIpc) is 3.16. The molecule has 0 atom stereocenters. The van der Waals surface area contributed by atoms with Gasteiger partial charge >= 0.3 is 0 Å². The van der Waals surface area contributed by atoms with E-state index in [1.165, 1.54) is 23.3 Å². The van der Waals surface area contributed by atoms with Crippen LogP contribution >= 0.6 is 0 Å². The van der Waals surface area contributed by atoms with Crippen LogP contribution in [0.1, 0.15) is 10.4 Å². The Hall–Kier alpha value is -3.22. The van der Waals surface area contributed by atoms with Gasteiger partial charge in [0, 0.05) is 12.4 Å². The molecule has 0 saturated carbocycles. The van der Waals surface area contributed by atoms with Crippen LogP contribution in [0.2, 0.25) is 0 Å². The van der Waals surface area contributed by atoms with Crippen LogP contribution in [0.15, 0.2) is 54.0 Å². The molecule has 1 N–H and O–H groups in total. The minimum atomic E-state index is -0.298. The predicted molar refractivity (Wildman–Crippen MR) is 75.3 cm³/mol. The van der Waals surface area contributed by atoms with Crippen molar-refractivity contribution in [2.24, 2.45) is 0 Å². The number of carbonyl (C=O) groups excluding carboxylic acids is 1. The largest absolute Gasteiger partial charge is 0.306 e. The Labute approximate surface area is 117 Å². The molecule has 0 unspecified atom stereocenters. The summed E-state index contributed by atoms with van der Waals surface area (Å²) in [6.07, 6.45) is 5.91. The molecule has 102 valence electrons. The zero-order valence-corrected chi connectivity index (χ0v) is 10.7. The third-order valence-corrected chi connectivity index (χ3v) is 3.35. The van der Waals surface area contributed by atoms with Crippen molar-refractivity contribution in [3.63, 3.8) is 0 Å². The van der Waals surface area contributed by atoms with E-state index in [1.807, 2.05) is 6.07 Å². The Morgan fingerprint density at radius 3 is 2.90 bits per heavy atom. The smallest absolute Gasteiger partial charge is 0.268 e. The van der Waals surface area contributed by atoms with Gasteiger partial charge < -0.3 is 4.98 Å². The molecule has 3 heterocycles. The summed E-state index contributed by atoms with van der Waals surface area (Å²) >= 11 is 0. The lowest BCUT2D eigenvalue weighted by Gasteiger charge is -2.02. The van der Waals surface area contributed by atoms with E-state index in [0.717, 1.165) is 0 Å². The van der Waals surface area contributed by atoms with Crippen molar-refractivity contribution in [1.29, 1.82) is 0 Å². The van der Waals surface area contributed by atoms with Crippen LogP contribution in [-0.4, -0.2) is 30.1 Å². The Morgan fingerprint density at radius 2 is 2.10 bits per heavy atom. The lowest BCUT2D eigenvalue weighted by Crippen LogP contribution is -2.14. The highest BCUT2D eigenvalue weighted by molar-refractivity contribution is 6.01. The SMILES string of the molecule is O=C(c1cnn2c1[nH]c(=O)c1ccccc12)n1ccnc1.